The van der Waals surface area contributed by atoms with Gasteiger partial charge in [-0.2, -0.15) is 0 Å². The Balaban J connectivity index is 1.90. The number of hydrogen-bond donors (Lipinski definition) is 1. The van der Waals surface area contributed by atoms with E-state index in [0.29, 0.717) is 18.4 Å². The van der Waals surface area contributed by atoms with Gasteiger partial charge in [0, 0.05) is 18.4 Å². The number of amides is 1. The van der Waals surface area contributed by atoms with Crippen molar-refractivity contribution < 1.29 is 19.0 Å². The number of rotatable bonds is 2. The number of aromatic nitrogens is 1. The van der Waals surface area contributed by atoms with Crippen LogP contribution >= 0.6 is 11.6 Å². The van der Waals surface area contributed by atoms with Gasteiger partial charge in [0.1, 0.15) is 17.1 Å². The SMILES string of the molecule is O=C(O)N1CC[C@H](Oc2nc(Cl)cc3ccc(F)cc23)C1. The Kier molecular flexibility index (Phi) is 3.55. The molecule has 1 aromatic carbocycles. The van der Waals surface area contributed by atoms with E-state index in [2.05, 4.69) is 4.98 Å². The first-order valence-corrected chi connectivity index (χ1v) is 6.81. The molecule has 1 N–H and O–H groups in total. The molecule has 0 bridgehead atoms. The van der Waals surface area contributed by atoms with Gasteiger partial charge in [-0.25, -0.2) is 14.2 Å². The minimum absolute atomic E-state index is 0.231. The van der Waals surface area contributed by atoms with Crippen molar-refractivity contribution >= 4 is 28.5 Å². The molecule has 21 heavy (non-hydrogen) atoms. The van der Waals surface area contributed by atoms with Crippen LogP contribution in [-0.4, -0.2) is 40.3 Å². The fraction of sp³-hybridized carbons (Fsp3) is 0.286. The van der Waals surface area contributed by atoms with Crippen LogP contribution in [0, 0.1) is 5.82 Å². The average molecular weight is 311 g/mol. The number of hydrogen-bond acceptors (Lipinski definition) is 3. The highest BCUT2D eigenvalue weighted by Crippen LogP contribution is 2.29. The standard InChI is InChI=1S/C14H12ClFN2O3/c15-12-5-8-1-2-9(16)6-11(8)13(17-12)21-10-3-4-18(7-10)14(19)20/h1-2,5-6,10H,3-4,7H2,(H,19,20)/t10-/m0/s1. The van der Waals surface area contributed by atoms with E-state index in [9.17, 15) is 9.18 Å². The highest BCUT2D eigenvalue weighted by molar-refractivity contribution is 6.30. The van der Waals surface area contributed by atoms with Crippen LogP contribution in [0.25, 0.3) is 10.8 Å². The van der Waals surface area contributed by atoms with Crippen LogP contribution in [0.1, 0.15) is 6.42 Å². The molecule has 0 unspecified atom stereocenters. The molecule has 7 heteroatoms. The molecular weight excluding hydrogens is 299 g/mol. The minimum Gasteiger partial charge on any atom is -0.472 e. The lowest BCUT2D eigenvalue weighted by molar-refractivity contribution is 0.145. The highest BCUT2D eigenvalue weighted by atomic mass is 35.5. The Morgan fingerprint density at radius 1 is 1.48 bits per heavy atom. The topological polar surface area (TPSA) is 62.7 Å². The summed E-state index contributed by atoms with van der Waals surface area (Å²) in [5.74, 6) is -0.163. The second kappa shape index (κ2) is 5.37. The van der Waals surface area contributed by atoms with Crippen molar-refractivity contribution in [1.82, 2.24) is 9.88 Å². The van der Waals surface area contributed by atoms with Crippen molar-refractivity contribution in [3.05, 3.63) is 35.2 Å². The summed E-state index contributed by atoms with van der Waals surface area (Å²) in [4.78, 5) is 16.3. The lowest BCUT2D eigenvalue weighted by Crippen LogP contribution is -2.29. The molecule has 1 fully saturated rings. The molecule has 3 rings (SSSR count). The molecule has 0 radical (unpaired) electrons. The third kappa shape index (κ3) is 2.85. The zero-order valence-corrected chi connectivity index (χ0v) is 11.7. The summed E-state index contributed by atoms with van der Waals surface area (Å²) in [6.07, 6.45) is -0.716. The Morgan fingerprint density at radius 3 is 3.00 bits per heavy atom. The number of halogens is 2. The maximum absolute atomic E-state index is 13.4. The predicted molar refractivity (Wildman–Crippen MR) is 75.3 cm³/mol. The van der Waals surface area contributed by atoms with Crippen molar-refractivity contribution in [2.75, 3.05) is 13.1 Å². The maximum Gasteiger partial charge on any atom is 0.407 e. The molecule has 2 heterocycles. The quantitative estimate of drug-likeness (QED) is 0.866. The number of carboxylic acid groups (broad SMARTS) is 1. The fourth-order valence-electron chi connectivity index (χ4n) is 2.40. The van der Waals surface area contributed by atoms with Gasteiger partial charge in [0.25, 0.3) is 0 Å². The lowest BCUT2D eigenvalue weighted by Gasteiger charge is -2.15. The number of ether oxygens (including phenoxy) is 1. The van der Waals surface area contributed by atoms with Crippen LogP contribution in [0.3, 0.4) is 0 Å². The summed E-state index contributed by atoms with van der Waals surface area (Å²) in [6, 6.07) is 5.90. The summed E-state index contributed by atoms with van der Waals surface area (Å²) in [6.45, 7) is 0.674. The zero-order chi connectivity index (χ0) is 15.0. The number of pyridine rings is 1. The van der Waals surface area contributed by atoms with Gasteiger partial charge in [-0.15, -0.1) is 0 Å². The summed E-state index contributed by atoms with van der Waals surface area (Å²) < 4.78 is 19.1. The van der Waals surface area contributed by atoms with Crippen molar-refractivity contribution in [2.24, 2.45) is 0 Å². The number of nitrogens with zero attached hydrogens (tertiary/aromatic N) is 2. The van der Waals surface area contributed by atoms with Crippen LogP contribution in [0.5, 0.6) is 5.88 Å². The molecule has 1 aliphatic heterocycles. The van der Waals surface area contributed by atoms with Gasteiger partial charge in [0.15, 0.2) is 0 Å². The predicted octanol–water partition coefficient (Wildman–Crippen LogP) is 3.16. The number of carbonyl (C=O) groups is 1. The van der Waals surface area contributed by atoms with Crippen LogP contribution < -0.4 is 4.74 Å². The molecule has 0 spiro atoms. The van der Waals surface area contributed by atoms with E-state index in [1.165, 1.54) is 17.0 Å². The third-order valence-corrected chi connectivity index (χ3v) is 3.62. The van der Waals surface area contributed by atoms with E-state index in [1.54, 1.807) is 12.1 Å². The van der Waals surface area contributed by atoms with Crippen LogP contribution in [0.4, 0.5) is 9.18 Å². The van der Waals surface area contributed by atoms with E-state index in [1.807, 2.05) is 0 Å². The van der Waals surface area contributed by atoms with Crippen molar-refractivity contribution in [1.29, 1.82) is 0 Å². The second-order valence-electron chi connectivity index (χ2n) is 4.87. The van der Waals surface area contributed by atoms with Crippen LogP contribution in [0.15, 0.2) is 24.3 Å². The number of likely N-dealkylation sites (tertiary alicyclic amines) is 1. The molecule has 0 aliphatic carbocycles. The molecule has 1 saturated heterocycles. The first kappa shape index (κ1) is 13.9. The van der Waals surface area contributed by atoms with Crippen LogP contribution in [-0.2, 0) is 0 Å². The normalized spacial score (nSPS) is 18.2. The molecule has 5 nitrogen and oxygen atoms in total. The fourth-order valence-corrected chi connectivity index (χ4v) is 2.60. The largest absolute Gasteiger partial charge is 0.472 e. The lowest BCUT2D eigenvalue weighted by atomic mass is 10.1. The first-order chi connectivity index (χ1) is 10.0. The zero-order valence-electron chi connectivity index (χ0n) is 10.9. The minimum atomic E-state index is -0.976. The van der Waals surface area contributed by atoms with Crippen molar-refractivity contribution in [3.8, 4) is 5.88 Å². The summed E-state index contributed by atoms with van der Waals surface area (Å²) in [7, 11) is 0. The molecule has 2 aromatic rings. The Labute approximate surface area is 124 Å². The van der Waals surface area contributed by atoms with Gasteiger partial charge in [0.05, 0.1) is 6.54 Å². The van der Waals surface area contributed by atoms with Gasteiger partial charge in [-0.1, -0.05) is 17.7 Å². The molecular formula is C14H12ClFN2O3. The van der Waals surface area contributed by atoms with E-state index in [4.69, 9.17) is 21.4 Å². The summed E-state index contributed by atoms with van der Waals surface area (Å²) in [5.41, 5.74) is 0. The van der Waals surface area contributed by atoms with Gasteiger partial charge in [0.2, 0.25) is 5.88 Å². The molecule has 1 aromatic heterocycles. The summed E-state index contributed by atoms with van der Waals surface area (Å²) >= 11 is 5.94. The highest BCUT2D eigenvalue weighted by Gasteiger charge is 2.28. The molecule has 110 valence electrons. The molecule has 1 amide bonds. The molecule has 1 aliphatic rings. The molecule has 0 saturated carbocycles. The average Bonchev–Trinajstić information content (AvgIpc) is 2.88. The van der Waals surface area contributed by atoms with Gasteiger partial charge < -0.3 is 14.7 Å². The van der Waals surface area contributed by atoms with Gasteiger partial charge >= 0.3 is 6.09 Å². The maximum atomic E-state index is 13.4. The summed E-state index contributed by atoms with van der Waals surface area (Å²) in [5, 5.41) is 10.4. The Bertz CT molecular complexity index is 710. The van der Waals surface area contributed by atoms with Gasteiger partial charge in [-0.3, -0.25) is 0 Å². The number of benzene rings is 1. The smallest absolute Gasteiger partial charge is 0.407 e. The van der Waals surface area contributed by atoms with Crippen LogP contribution in [0.2, 0.25) is 5.15 Å². The second-order valence-corrected chi connectivity index (χ2v) is 5.26. The molecule has 1 atom stereocenters. The third-order valence-electron chi connectivity index (χ3n) is 3.42. The van der Waals surface area contributed by atoms with E-state index in [0.717, 1.165) is 5.39 Å². The first-order valence-electron chi connectivity index (χ1n) is 6.43. The van der Waals surface area contributed by atoms with E-state index >= 15 is 0 Å². The van der Waals surface area contributed by atoms with E-state index < -0.39 is 11.9 Å². The van der Waals surface area contributed by atoms with Crippen molar-refractivity contribution in [2.45, 2.75) is 12.5 Å². The van der Waals surface area contributed by atoms with E-state index in [-0.39, 0.29) is 23.7 Å². The van der Waals surface area contributed by atoms with Gasteiger partial charge in [-0.05, 0) is 23.6 Å². The monoisotopic (exact) mass is 310 g/mol. The number of fused-ring (bicyclic) bond motifs is 1. The van der Waals surface area contributed by atoms with Crippen molar-refractivity contribution in [3.63, 3.8) is 0 Å². The Morgan fingerprint density at radius 2 is 2.29 bits per heavy atom. The Hall–Kier alpha value is -2.08.